The fourth-order valence-electron chi connectivity index (χ4n) is 4.37. The summed E-state index contributed by atoms with van der Waals surface area (Å²) < 4.78 is 3.68. The molecule has 0 spiro atoms. The Kier molecular flexibility index (Phi) is 6.71. The van der Waals surface area contributed by atoms with E-state index >= 15 is 0 Å². The highest BCUT2D eigenvalue weighted by Gasteiger charge is 2.15. The number of benzene rings is 3. The van der Waals surface area contributed by atoms with Gasteiger partial charge in [0, 0.05) is 32.9 Å². The van der Waals surface area contributed by atoms with Crippen LogP contribution in [0.1, 0.15) is 51.9 Å². The summed E-state index contributed by atoms with van der Waals surface area (Å²) in [5.74, 6) is 0. The van der Waals surface area contributed by atoms with Gasteiger partial charge in [-0.2, -0.15) is 0 Å². The van der Waals surface area contributed by atoms with Crippen molar-refractivity contribution in [3.05, 3.63) is 71.2 Å². The molecule has 1 heterocycles. The zero-order chi connectivity index (χ0) is 20.1. The van der Waals surface area contributed by atoms with Gasteiger partial charge in [-0.15, -0.1) is 0 Å². The van der Waals surface area contributed by atoms with Gasteiger partial charge in [-0.1, -0.05) is 104 Å². The number of halogens is 1. The molecule has 1 nitrogen and oxygen atoms in total. The zero-order valence-electron chi connectivity index (χ0n) is 17.3. The van der Waals surface area contributed by atoms with Gasteiger partial charge in [-0.25, -0.2) is 0 Å². The minimum atomic E-state index is 1.07. The van der Waals surface area contributed by atoms with Crippen LogP contribution < -0.4 is 0 Å². The molecule has 0 atom stereocenters. The van der Waals surface area contributed by atoms with E-state index in [9.17, 15) is 0 Å². The van der Waals surface area contributed by atoms with Crippen LogP contribution in [0, 0.1) is 6.07 Å². The first-order chi connectivity index (χ1) is 14.3. The lowest BCUT2D eigenvalue weighted by Gasteiger charge is -2.11. The Morgan fingerprint density at radius 2 is 1.66 bits per heavy atom. The summed E-state index contributed by atoms with van der Waals surface area (Å²) in [5, 5.41) is 2.66. The van der Waals surface area contributed by atoms with Crippen molar-refractivity contribution in [3.8, 4) is 11.1 Å². The summed E-state index contributed by atoms with van der Waals surface area (Å²) in [6, 6.07) is 25.1. The second kappa shape index (κ2) is 9.63. The summed E-state index contributed by atoms with van der Waals surface area (Å²) in [7, 11) is 0. The van der Waals surface area contributed by atoms with Crippen LogP contribution in [-0.4, -0.2) is 4.57 Å². The summed E-state index contributed by atoms with van der Waals surface area (Å²) >= 11 is 3.67. The van der Waals surface area contributed by atoms with Gasteiger partial charge in [0.15, 0.2) is 0 Å². The molecule has 4 rings (SSSR count). The topological polar surface area (TPSA) is 4.93 Å². The second-order valence-electron chi connectivity index (χ2n) is 7.91. The number of unbranched alkanes of at least 4 members (excludes halogenated alkanes) is 6. The van der Waals surface area contributed by atoms with Gasteiger partial charge in [-0.05, 0) is 36.2 Å². The molecular weight excluding hydrogens is 418 g/mol. The highest BCUT2D eigenvalue weighted by atomic mass is 79.9. The van der Waals surface area contributed by atoms with Gasteiger partial charge >= 0.3 is 0 Å². The average Bonchev–Trinajstić information content (AvgIpc) is 3.07. The quantitative estimate of drug-likeness (QED) is 0.226. The van der Waals surface area contributed by atoms with E-state index in [4.69, 9.17) is 0 Å². The van der Waals surface area contributed by atoms with E-state index < -0.39 is 0 Å². The molecule has 0 N–H and O–H groups in total. The number of rotatable bonds is 9. The minimum absolute atomic E-state index is 1.07. The minimum Gasteiger partial charge on any atom is -0.340 e. The van der Waals surface area contributed by atoms with Crippen LogP contribution >= 0.6 is 15.9 Å². The van der Waals surface area contributed by atoms with Crippen molar-refractivity contribution in [2.24, 2.45) is 0 Å². The van der Waals surface area contributed by atoms with Crippen molar-refractivity contribution in [3.63, 3.8) is 0 Å². The van der Waals surface area contributed by atoms with Crippen molar-refractivity contribution in [2.45, 2.75) is 58.4 Å². The molecule has 0 saturated heterocycles. The maximum Gasteiger partial charge on any atom is 0.0571 e. The van der Waals surface area contributed by atoms with Crippen LogP contribution in [0.2, 0.25) is 0 Å². The molecule has 0 saturated carbocycles. The summed E-state index contributed by atoms with van der Waals surface area (Å²) in [4.78, 5) is 0. The number of aromatic nitrogens is 1. The van der Waals surface area contributed by atoms with E-state index in [1.807, 2.05) is 12.1 Å². The molecule has 0 fully saturated rings. The molecule has 29 heavy (non-hydrogen) atoms. The third-order valence-corrected chi connectivity index (χ3v) is 6.32. The van der Waals surface area contributed by atoms with E-state index in [0.29, 0.717) is 0 Å². The molecule has 4 aromatic rings. The SMILES string of the molecule is CCCCCCCCCn1c2ccc(Br)cc2c2cccc(-c3[c]cccc3)c21. The lowest BCUT2D eigenvalue weighted by atomic mass is 10.0. The van der Waals surface area contributed by atoms with Crippen LogP contribution in [0.4, 0.5) is 0 Å². The highest BCUT2D eigenvalue weighted by molar-refractivity contribution is 9.10. The van der Waals surface area contributed by atoms with Gasteiger partial charge in [0.25, 0.3) is 0 Å². The third kappa shape index (κ3) is 4.43. The maximum absolute atomic E-state index is 3.67. The van der Waals surface area contributed by atoms with Crippen LogP contribution in [0.15, 0.2) is 65.1 Å². The molecule has 1 aromatic heterocycles. The normalized spacial score (nSPS) is 11.5. The highest BCUT2D eigenvalue weighted by Crippen LogP contribution is 2.37. The Labute approximate surface area is 182 Å². The van der Waals surface area contributed by atoms with Gasteiger partial charge < -0.3 is 4.57 Å². The first kappa shape index (κ1) is 20.2. The molecule has 0 amide bonds. The Morgan fingerprint density at radius 1 is 0.828 bits per heavy atom. The number of hydrogen-bond donors (Lipinski definition) is 0. The van der Waals surface area contributed by atoms with E-state index in [1.165, 1.54) is 77.9 Å². The van der Waals surface area contributed by atoms with Gasteiger partial charge in [-0.3, -0.25) is 0 Å². The van der Waals surface area contributed by atoms with Crippen molar-refractivity contribution in [1.29, 1.82) is 0 Å². The Balaban J connectivity index is 1.71. The van der Waals surface area contributed by atoms with Gasteiger partial charge in [0.1, 0.15) is 0 Å². The van der Waals surface area contributed by atoms with Crippen LogP contribution in [0.25, 0.3) is 32.9 Å². The van der Waals surface area contributed by atoms with E-state index in [0.717, 1.165) is 11.0 Å². The van der Waals surface area contributed by atoms with Crippen molar-refractivity contribution < 1.29 is 0 Å². The molecule has 1 radical (unpaired) electrons. The average molecular weight is 447 g/mol. The van der Waals surface area contributed by atoms with Crippen molar-refractivity contribution in [2.75, 3.05) is 0 Å². The predicted octanol–water partition coefficient (Wildman–Crippen LogP) is 8.77. The number of hydrogen-bond acceptors (Lipinski definition) is 0. The number of aryl methyl sites for hydroxylation is 1. The molecular formula is C27H29BrN. The molecule has 149 valence electrons. The molecule has 0 unspecified atom stereocenters. The lowest BCUT2D eigenvalue weighted by Crippen LogP contribution is -1.99. The molecule has 0 aliphatic carbocycles. The fraction of sp³-hybridized carbons (Fsp3) is 0.333. The number of para-hydroxylation sites is 1. The lowest BCUT2D eigenvalue weighted by molar-refractivity contribution is 0.561. The second-order valence-corrected chi connectivity index (χ2v) is 8.83. The first-order valence-electron chi connectivity index (χ1n) is 11.0. The molecule has 0 aliphatic heterocycles. The first-order valence-corrected chi connectivity index (χ1v) is 11.8. The number of fused-ring (bicyclic) bond motifs is 3. The summed E-state index contributed by atoms with van der Waals surface area (Å²) in [6.45, 7) is 3.35. The largest absolute Gasteiger partial charge is 0.340 e. The van der Waals surface area contributed by atoms with Crippen LogP contribution in [0.3, 0.4) is 0 Å². The Hall–Kier alpha value is -2.06. The zero-order valence-corrected chi connectivity index (χ0v) is 18.8. The third-order valence-electron chi connectivity index (χ3n) is 5.83. The number of nitrogens with zero attached hydrogens (tertiary/aromatic N) is 1. The van der Waals surface area contributed by atoms with Crippen molar-refractivity contribution in [1.82, 2.24) is 4.57 Å². The van der Waals surface area contributed by atoms with E-state index in [2.05, 4.69) is 82.0 Å². The standard InChI is InChI=1S/C27H29BrN/c1-2-3-4-5-6-7-11-19-29-26-18-17-22(28)20-25(26)24-16-12-15-23(27(24)29)21-13-9-8-10-14-21/h8-10,12-13,15-18,20H,2-7,11,19H2,1H3. The summed E-state index contributed by atoms with van der Waals surface area (Å²) in [6.07, 6.45) is 9.33. The molecule has 0 aliphatic rings. The van der Waals surface area contributed by atoms with Crippen molar-refractivity contribution >= 4 is 37.7 Å². The Morgan fingerprint density at radius 3 is 2.45 bits per heavy atom. The smallest absolute Gasteiger partial charge is 0.0571 e. The maximum atomic E-state index is 3.67. The van der Waals surface area contributed by atoms with E-state index in [1.54, 1.807) is 0 Å². The molecule has 0 bridgehead atoms. The van der Waals surface area contributed by atoms with Gasteiger partial charge in [0.2, 0.25) is 0 Å². The fourth-order valence-corrected chi connectivity index (χ4v) is 4.73. The predicted molar refractivity (Wildman–Crippen MR) is 129 cm³/mol. The molecule has 3 aromatic carbocycles. The van der Waals surface area contributed by atoms with Crippen LogP contribution in [-0.2, 0) is 6.54 Å². The monoisotopic (exact) mass is 446 g/mol. The summed E-state index contributed by atoms with van der Waals surface area (Å²) in [5.41, 5.74) is 5.12. The van der Waals surface area contributed by atoms with Gasteiger partial charge in [0.05, 0.1) is 5.52 Å². The molecule has 2 heteroatoms. The Bertz CT molecular complexity index is 1080. The van der Waals surface area contributed by atoms with Crippen LogP contribution in [0.5, 0.6) is 0 Å². The van der Waals surface area contributed by atoms with E-state index in [-0.39, 0.29) is 0 Å².